The molecule has 0 bridgehead atoms. The number of carboxylic acids is 1. The van der Waals surface area contributed by atoms with Gasteiger partial charge in [0.05, 0.1) is 17.9 Å². The molecular weight excluding hydrogens is 490 g/mol. The monoisotopic (exact) mass is 527 g/mol. The molecule has 3 amide bonds. The molecule has 0 radical (unpaired) electrons. The maximum atomic E-state index is 12.9. The molecule has 0 aromatic heterocycles. The molecule has 0 heterocycles. The lowest BCUT2D eigenvalue weighted by molar-refractivity contribution is -0.137. The second kappa shape index (κ2) is 15.0. The zero-order chi connectivity index (χ0) is 27.4. The fourth-order valence-corrected chi connectivity index (χ4v) is 3.92. The number of hydrogen-bond acceptors (Lipinski definition) is 5. The summed E-state index contributed by atoms with van der Waals surface area (Å²) in [6.07, 6.45) is 1.94. The SMILES string of the molecule is CCCCC(=O)N(CC(=O)N[C@@H](CNC(=O)CS)C(C)C)Cc1ccc(-c2ccccc2C(=O)O)cc1. The average molecular weight is 528 g/mol. The number of rotatable bonds is 14. The van der Waals surface area contributed by atoms with Crippen LogP contribution in [0.3, 0.4) is 0 Å². The van der Waals surface area contributed by atoms with E-state index in [9.17, 15) is 24.3 Å². The van der Waals surface area contributed by atoms with Gasteiger partial charge in [0, 0.05) is 25.6 Å². The van der Waals surface area contributed by atoms with Crippen molar-refractivity contribution < 1.29 is 24.3 Å². The van der Waals surface area contributed by atoms with Crippen LogP contribution in [0.5, 0.6) is 0 Å². The molecule has 0 fully saturated rings. The highest BCUT2D eigenvalue weighted by Gasteiger charge is 2.22. The quantitative estimate of drug-likeness (QED) is 0.279. The van der Waals surface area contributed by atoms with Crippen molar-refractivity contribution in [2.24, 2.45) is 5.92 Å². The Balaban J connectivity index is 2.15. The van der Waals surface area contributed by atoms with E-state index in [0.717, 1.165) is 24.0 Å². The van der Waals surface area contributed by atoms with Gasteiger partial charge in [-0.1, -0.05) is 69.7 Å². The molecule has 0 saturated heterocycles. The van der Waals surface area contributed by atoms with Crippen molar-refractivity contribution in [3.05, 3.63) is 59.7 Å². The number of nitrogens with zero attached hydrogens (tertiary/aromatic N) is 1. The van der Waals surface area contributed by atoms with Crippen LogP contribution in [0.25, 0.3) is 11.1 Å². The van der Waals surface area contributed by atoms with Crippen LogP contribution in [-0.4, -0.2) is 58.6 Å². The summed E-state index contributed by atoms with van der Waals surface area (Å²) in [7, 11) is 0. The lowest BCUT2D eigenvalue weighted by Gasteiger charge is -2.26. The molecule has 0 aliphatic heterocycles. The lowest BCUT2D eigenvalue weighted by Crippen LogP contribution is -2.50. The van der Waals surface area contributed by atoms with E-state index in [-0.39, 0.29) is 60.6 Å². The first-order valence-corrected chi connectivity index (χ1v) is 13.2. The number of carbonyl (C=O) groups excluding carboxylic acids is 3. The van der Waals surface area contributed by atoms with Crippen LogP contribution in [0.15, 0.2) is 48.5 Å². The summed E-state index contributed by atoms with van der Waals surface area (Å²) in [5.41, 5.74) is 2.41. The number of hydrogen-bond donors (Lipinski definition) is 4. The fourth-order valence-electron chi connectivity index (χ4n) is 3.81. The molecule has 2 aromatic carbocycles. The molecule has 3 N–H and O–H groups in total. The number of thiol groups is 1. The van der Waals surface area contributed by atoms with Gasteiger partial charge in [0.25, 0.3) is 0 Å². The third-order valence-corrected chi connectivity index (χ3v) is 6.33. The van der Waals surface area contributed by atoms with Crippen LogP contribution in [-0.2, 0) is 20.9 Å². The predicted octanol–water partition coefficient (Wildman–Crippen LogP) is 3.76. The Hall–Kier alpha value is -3.33. The van der Waals surface area contributed by atoms with Crippen molar-refractivity contribution in [2.45, 2.75) is 52.6 Å². The van der Waals surface area contributed by atoms with Crippen LogP contribution in [0.1, 0.15) is 56.0 Å². The van der Waals surface area contributed by atoms with Crippen LogP contribution < -0.4 is 10.6 Å². The number of aromatic carboxylic acids is 1. The minimum Gasteiger partial charge on any atom is -0.478 e. The van der Waals surface area contributed by atoms with Crippen molar-refractivity contribution in [3.63, 3.8) is 0 Å². The summed E-state index contributed by atoms with van der Waals surface area (Å²) in [4.78, 5) is 50.5. The average Bonchev–Trinajstić information content (AvgIpc) is 2.89. The topological polar surface area (TPSA) is 116 Å². The molecule has 9 heteroatoms. The van der Waals surface area contributed by atoms with Gasteiger partial charge in [-0.05, 0) is 35.1 Å². The predicted molar refractivity (Wildman–Crippen MR) is 147 cm³/mol. The number of carboxylic acid groups (broad SMARTS) is 1. The second-order valence-electron chi connectivity index (χ2n) is 9.28. The normalized spacial score (nSPS) is 11.6. The van der Waals surface area contributed by atoms with Crippen LogP contribution in [0.4, 0.5) is 0 Å². The van der Waals surface area contributed by atoms with Crippen molar-refractivity contribution in [3.8, 4) is 11.1 Å². The van der Waals surface area contributed by atoms with E-state index >= 15 is 0 Å². The number of nitrogens with one attached hydrogen (secondary N) is 2. The Morgan fingerprint density at radius 3 is 2.27 bits per heavy atom. The first-order valence-electron chi connectivity index (χ1n) is 12.5. The summed E-state index contributed by atoms with van der Waals surface area (Å²) in [6.45, 7) is 6.34. The zero-order valence-electron chi connectivity index (χ0n) is 21.7. The Bertz CT molecular complexity index is 1070. The second-order valence-corrected chi connectivity index (χ2v) is 9.60. The molecule has 0 spiro atoms. The summed E-state index contributed by atoms with van der Waals surface area (Å²) in [5.74, 6) is -1.47. The van der Waals surface area contributed by atoms with Gasteiger partial charge in [0.2, 0.25) is 17.7 Å². The zero-order valence-corrected chi connectivity index (χ0v) is 22.6. The molecule has 2 aromatic rings. The number of amides is 3. The van der Waals surface area contributed by atoms with Crippen molar-refractivity contribution in [1.82, 2.24) is 15.5 Å². The van der Waals surface area contributed by atoms with Gasteiger partial charge in [-0.2, -0.15) is 12.6 Å². The first kappa shape index (κ1) is 29.9. The summed E-state index contributed by atoms with van der Waals surface area (Å²) in [5, 5.41) is 15.2. The van der Waals surface area contributed by atoms with Crippen molar-refractivity contribution in [1.29, 1.82) is 0 Å². The Labute approximate surface area is 224 Å². The van der Waals surface area contributed by atoms with E-state index in [4.69, 9.17) is 0 Å². The number of benzene rings is 2. The van der Waals surface area contributed by atoms with Crippen LogP contribution in [0.2, 0.25) is 0 Å². The molecule has 0 saturated carbocycles. The molecule has 200 valence electrons. The highest BCUT2D eigenvalue weighted by molar-refractivity contribution is 7.81. The third kappa shape index (κ3) is 9.57. The van der Waals surface area contributed by atoms with Gasteiger partial charge < -0.3 is 20.6 Å². The van der Waals surface area contributed by atoms with E-state index in [1.54, 1.807) is 24.3 Å². The van der Waals surface area contributed by atoms with Gasteiger partial charge in [0.1, 0.15) is 0 Å². The van der Waals surface area contributed by atoms with Crippen LogP contribution >= 0.6 is 12.6 Å². The number of unbranched alkanes of at least 4 members (excludes halogenated alkanes) is 1. The standard InChI is InChI=1S/C28H37N3O5S/c1-4-5-10-27(34)31(17-25(32)30-24(19(2)3)15-29-26(33)18-37)16-20-11-13-21(14-12-20)22-8-6-7-9-23(22)28(35)36/h6-9,11-14,19,24,37H,4-5,10,15-18H2,1-3H3,(H,29,33)(H,30,32)(H,35,36)/t24-/m0/s1. The largest absolute Gasteiger partial charge is 0.478 e. The van der Waals surface area contributed by atoms with Gasteiger partial charge in [-0.15, -0.1) is 0 Å². The van der Waals surface area contributed by atoms with E-state index < -0.39 is 5.97 Å². The number of carbonyl (C=O) groups is 4. The molecule has 0 aliphatic carbocycles. The third-order valence-electron chi connectivity index (χ3n) is 6.04. The lowest BCUT2D eigenvalue weighted by atomic mass is 9.98. The molecular formula is C28H37N3O5S. The fraction of sp³-hybridized carbons (Fsp3) is 0.429. The van der Waals surface area contributed by atoms with Gasteiger partial charge >= 0.3 is 5.97 Å². The summed E-state index contributed by atoms with van der Waals surface area (Å²) >= 11 is 3.95. The molecule has 0 unspecified atom stereocenters. The molecule has 0 aliphatic rings. The van der Waals surface area contributed by atoms with Crippen molar-refractivity contribution in [2.75, 3.05) is 18.8 Å². The summed E-state index contributed by atoms with van der Waals surface area (Å²) < 4.78 is 0. The molecule has 2 rings (SSSR count). The minimum atomic E-state index is -0.997. The molecule has 8 nitrogen and oxygen atoms in total. The molecule has 1 atom stereocenters. The van der Waals surface area contributed by atoms with Gasteiger partial charge in [-0.3, -0.25) is 14.4 Å². The minimum absolute atomic E-state index is 0.0686. The van der Waals surface area contributed by atoms with E-state index in [0.29, 0.717) is 12.0 Å². The molecule has 37 heavy (non-hydrogen) atoms. The Morgan fingerprint density at radius 1 is 1.00 bits per heavy atom. The first-order chi connectivity index (χ1) is 17.7. The van der Waals surface area contributed by atoms with Crippen molar-refractivity contribution >= 4 is 36.3 Å². The van der Waals surface area contributed by atoms with E-state index in [2.05, 4.69) is 23.3 Å². The highest BCUT2D eigenvalue weighted by atomic mass is 32.1. The van der Waals surface area contributed by atoms with E-state index in [1.165, 1.54) is 4.90 Å². The maximum Gasteiger partial charge on any atom is 0.336 e. The Kier molecular flexibility index (Phi) is 12.2. The smallest absolute Gasteiger partial charge is 0.336 e. The van der Waals surface area contributed by atoms with Gasteiger partial charge in [-0.25, -0.2) is 4.79 Å². The van der Waals surface area contributed by atoms with Crippen LogP contribution in [0, 0.1) is 5.92 Å². The highest BCUT2D eigenvalue weighted by Crippen LogP contribution is 2.24. The maximum absolute atomic E-state index is 12.9. The van der Waals surface area contributed by atoms with Gasteiger partial charge in [0.15, 0.2) is 0 Å². The summed E-state index contributed by atoms with van der Waals surface area (Å²) in [6, 6.07) is 13.8. The van der Waals surface area contributed by atoms with E-state index in [1.807, 2.05) is 45.0 Å². The Morgan fingerprint density at radius 2 is 1.68 bits per heavy atom.